The minimum Gasteiger partial charge on any atom is -0.407 e. The van der Waals surface area contributed by atoms with Crippen LogP contribution in [0.2, 0.25) is 5.15 Å². The second-order valence-corrected chi connectivity index (χ2v) is 3.76. The molecule has 1 aromatic heterocycles. The lowest BCUT2D eigenvalue weighted by molar-refractivity contribution is 0.145. The zero-order valence-electron chi connectivity index (χ0n) is 8.65. The van der Waals surface area contributed by atoms with E-state index in [1.54, 1.807) is 23.2 Å². The van der Waals surface area contributed by atoms with Gasteiger partial charge < -0.3 is 15.0 Å². The number of hydrogen-bond acceptors (Lipinski definition) is 4. The molecule has 1 aliphatic heterocycles. The molecule has 6 heteroatoms. The van der Waals surface area contributed by atoms with Gasteiger partial charge in [0.05, 0.1) is 0 Å². The summed E-state index contributed by atoms with van der Waals surface area (Å²) < 4.78 is 5.15. The number of hydrogen-bond donors (Lipinski definition) is 1. The molecule has 0 bridgehead atoms. The number of carbonyl (C=O) groups excluding carboxylic acids is 1. The van der Waals surface area contributed by atoms with Gasteiger partial charge in [0.25, 0.3) is 0 Å². The summed E-state index contributed by atoms with van der Waals surface area (Å²) in [5.41, 5.74) is 0. The SMILES string of the molecule is O=C(Oc1cccnc1Cl)N1CCNCC1. The number of nitrogens with zero attached hydrogens (tertiary/aromatic N) is 2. The highest BCUT2D eigenvalue weighted by atomic mass is 35.5. The van der Waals surface area contributed by atoms with Gasteiger partial charge in [-0.15, -0.1) is 0 Å². The number of nitrogens with one attached hydrogen (secondary N) is 1. The van der Waals surface area contributed by atoms with Crippen molar-refractivity contribution in [3.8, 4) is 5.75 Å². The fourth-order valence-corrected chi connectivity index (χ4v) is 1.61. The number of pyridine rings is 1. The van der Waals surface area contributed by atoms with Gasteiger partial charge in [-0.1, -0.05) is 11.6 Å². The molecule has 1 amide bonds. The van der Waals surface area contributed by atoms with Crippen LogP contribution in [-0.4, -0.2) is 42.2 Å². The Hall–Kier alpha value is -1.33. The lowest BCUT2D eigenvalue weighted by Gasteiger charge is -2.26. The van der Waals surface area contributed by atoms with E-state index in [9.17, 15) is 4.79 Å². The Morgan fingerprint density at radius 2 is 2.25 bits per heavy atom. The Morgan fingerprint density at radius 1 is 1.50 bits per heavy atom. The third kappa shape index (κ3) is 2.62. The molecular weight excluding hydrogens is 230 g/mol. The first kappa shape index (κ1) is 11.2. The maximum absolute atomic E-state index is 11.7. The molecule has 0 radical (unpaired) electrons. The standard InChI is InChI=1S/C10H12ClN3O2/c11-9-8(2-1-3-13-9)16-10(15)14-6-4-12-5-7-14/h1-3,12H,4-7H2. The molecule has 0 aromatic carbocycles. The number of piperazine rings is 1. The summed E-state index contributed by atoms with van der Waals surface area (Å²) in [5.74, 6) is 0.299. The summed E-state index contributed by atoms with van der Waals surface area (Å²) >= 11 is 5.79. The van der Waals surface area contributed by atoms with E-state index in [-0.39, 0.29) is 11.2 Å². The first-order valence-electron chi connectivity index (χ1n) is 5.05. The van der Waals surface area contributed by atoms with Gasteiger partial charge in [0.2, 0.25) is 0 Å². The van der Waals surface area contributed by atoms with Gasteiger partial charge >= 0.3 is 6.09 Å². The van der Waals surface area contributed by atoms with Crippen molar-refractivity contribution in [2.24, 2.45) is 0 Å². The molecule has 1 N–H and O–H groups in total. The van der Waals surface area contributed by atoms with Crippen LogP contribution in [0.3, 0.4) is 0 Å². The van der Waals surface area contributed by atoms with Crippen LogP contribution in [0.4, 0.5) is 4.79 Å². The largest absolute Gasteiger partial charge is 0.415 e. The fraction of sp³-hybridized carbons (Fsp3) is 0.400. The van der Waals surface area contributed by atoms with Gasteiger partial charge in [0, 0.05) is 32.4 Å². The molecule has 0 saturated carbocycles. The van der Waals surface area contributed by atoms with Crippen molar-refractivity contribution >= 4 is 17.7 Å². The van der Waals surface area contributed by atoms with Crippen LogP contribution in [0.1, 0.15) is 0 Å². The van der Waals surface area contributed by atoms with E-state index in [1.807, 2.05) is 0 Å². The van der Waals surface area contributed by atoms with Gasteiger partial charge in [0.15, 0.2) is 10.9 Å². The van der Waals surface area contributed by atoms with Gasteiger partial charge in [-0.25, -0.2) is 9.78 Å². The zero-order chi connectivity index (χ0) is 11.4. The Labute approximate surface area is 98.4 Å². The average molecular weight is 242 g/mol. The van der Waals surface area contributed by atoms with E-state index in [1.165, 1.54) is 0 Å². The third-order valence-electron chi connectivity index (χ3n) is 2.30. The highest BCUT2D eigenvalue weighted by Gasteiger charge is 2.19. The lowest BCUT2D eigenvalue weighted by Crippen LogP contribution is -2.47. The Bertz CT molecular complexity index is 380. The van der Waals surface area contributed by atoms with Crippen LogP contribution in [0.25, 0.3) is 0 Å². The minimum absolute atomic E-state index is 0.200. The van der Waals surface area contributed by atoms with E-state index in [4.69, 9.17) is 16.3 Å². The number of rotatable bonds is 1. The molecule has 0 unspecified atom stereocenters. The number of carbonyl (C=O) groups is 1. The van der Waals surface area contributed by atoms with Crippen LogP contribution < -0.4 is 10.1 Å². The van der Waals surface area contributed by atoms with E-state index >= 15 is 0 Å². The van der Waals surface area contributed by atoms with E-state index in [0.29, 0.717) is 18.8 Å². The molecule has 86 valence electrons. The van der Waals surface area contributed by atoms with E-state index < -0.39 is 0 Å². The smallest absolute Gasteiger partial charge is 0.407 e. The zero-order valence-corrected chi connectivity index (χ0v) is 9.41. The molecule has 0 atom stereocenters. The van der Waals surface area contributed by atoms with Gasteiger partial charge in [-0.05, 0) is 12.1 Å². The minimum atomic E-state index is -0.378. The van der Waals surface area contributed by atoms with Crippen LogP contribution in [-0.2, 0) is 0 Å². The maximum atomic E-state index is 11.7. The fourth-order valence-electron chi connectivity index (χ4n) is 1.45. The first-order chi connectivity index (χ1) is 7.77. The van der Waals surface area contributed by atoms with E-state index in [2.05, 4.69) is 10.3 Å². The Morgan fingerprint density at radius 3 is 2.94 bits per heavy atom. The van der Waals surface area contributed by atoms with Gasteiger partial charge in [0.1, 0.15) is 0 Å². The average Bonchev–Trinajstić information content (AvgIpc) is 2.33. The summed E-state index contributed by atoms with van der Waals surface area (Å²) in [6.07, 6.45) is 1.17. The van der Waals surface area contributed by atoms with Crippen molar-refractivity contribution in [2.45, 2.75) is 0 Å². The van der Waals surface area contributed by atoms with Crippen molar-refractivity contribution in [1.29, 1.82) is 0 Å². The monoisotopic (exact) mass is 241 g/mol. The molecule has 1 aliphatic rings. The van der Waals surface area contributed by atoms with Crippen LogP contribution in [0.15, 0.2) is 18.3 Å². The topological polar surface area (TPSA) is 54.5 Å². The van der Waals surface area contributed by atoms with Crippen molar-refractivity contribution in [3.63, 3.8) is 0 Å². The second kappa shape index (κ2) is 5.14. The highest BCUT2D eigenvalue weighted by Crippen LogP contribution is 2.21. The van der Waals surface area contributed by atoms with Crippen molar-refractivity contribution in [3.05, 3.63) is 23.5 Å². The van der Waals surface area contributed by atoms with E-state index in [0.717, 1.165) is 13.1 Å². The van der Waals surface area contributed by atoms with Crippen molar-refractivity contribution in [2.75, 3.05) is 26.2 Å². The molecule has 5 nitrogen and oxygen atoms in total. The van der Waals surface area contributed by atoms with Crippen LogP contribution in [0, 0.1) is 0 Å². The Balaban J connectivity index is 1.99. The van der Waals surface area contributed by atoms with Crippen LogP contribution in [0.5, 0.6) is 5.75 Å². The first-order valence-corrected chi connectivity index (χ1v) is 5.43. The molecule has 2 rings (SSSR count). The second-order valence-electron chi connectivity index (χ2n) is 3.40. The normalized spacial score (nSPS) is 15.9. The quantitative estimate of drug-likeness (QED) is 0.750. The summed E-state index contributed by atoms with van der Waals surface area (Å²) in [7, 11) is 0. The number of amides is 1. The third-order valence-corrected chi connectivity index (χ3v) is 2.58. The molecule has 16 heavy (non-hydrogen) atoms. The summed E-state index contributed by atoms with van der Waals surface area (Å²) in [6, 6.07) is 3.29. The summed E-state index contributed by atoms with van der Waals surface area (Å²) in [5, 5.41) is 3.36. The molecule has 1 fully saturated rings. The maximum Gasteiger partial charge on any atom is 0.415 e. The van der Waals surface area contributed by atoms with Crippen LogP contribution >= 0.6 is 11.6 Å². The van der Waals surface area contributed by atoms with Gasteiger partial charge in [-0.2, -0.15) is 0 Å². The molecule has 1 saturated heterocycles. The van der Waals surface area contributed by atoms with Crippen molar-refractivity contribution in [1.82, 2.24) is 15.2 Å². The highest BCUT2D eigenvalue weighted by molar-refractivity contribution is 6.30. The number of aromatic nitrogens is 1. The lowest BCUT2D eigenvalue weighted by atomic mass is 10.4. The number of halogens is 1. The molecule has 1 aromatic rings. The molecule has 2 heterocycles. The molecule has 0 spiro atoms. The Kier molecular flexibility index (Phi) is 3.58. The summed E-state index contributed by atoms with van der Waals surface area (Å²) in [6.45, 7) is 2.87. The molecule has 0 aliphatic carbocycles. The van der Waals surface area contributed by atoms with Crippen molar-refractivity contribution < 1.29 is 9.53 Å². The summed E-state index contributed by atoms with van der Waals surface area (Å²) in [4.78, 5) is 17.2. The molecular formula is C10H12ClN3O2. The predicted molar refractivity (Wildman–Crippen MR) is 59.7 cm³/mol. The number of ether oxygens (including phenoxy) is 1. The van der Waals surface area contributed by atoms with Gasteiger partial charge in [-0.3, -0.25) is 0 Å². The predicted octanol–water partition coefficient (Wildman–Crippen LogP) is 1.14.